The smallest absolute Gasteiger partial charge is 0.138 e. The Bertz CT molecular complexity index is 1750. The molecule has 3 aromatic carbocycles. The largest absolute Gasteiger partial charge is 0.278 e. The normalized spacial score (nSPS) is 12.8. The molecule has 40 heavy (non-hydrogen) atoms. The van der Waals surface area contributed by atoms with Gasteiger partial charge in [-0.25, -0.2) is 19.9 Å². The van der Waals surface area contributed by atoms with Gasteiger partial charge >= 0.3 is 0 Å². The number of nitrogens with zero attached hydrogens (tertiary/aromatic N) is 6. The van der Waals surface area contributed by atoms with Crippen LogP contribution in [0.1, 0.15) is 12.8 Å². The van der Waals surface area contributed by atoms with Gasteiger partial charge in [0, 0.05) is 46.4 Å². The molecule has 6 nitrogen and oxygen atoms in total. The van der Waals surface area contributed by atoms with E-state index in [-0.39, 0.29) is 0 Å². The van der Waals surface area contributed by atoms with Crippen molar-refractivity contribution in [1.29, 1.82) is 0 Å². The molecule has 0 N–H and O–H groups in total. The maximum atomic E-state index is 4.84. The second kappa shape index (κ2) is 10.4. The van der Waals surface area contributed by atoms with Gasteiger partial charge in [0.25, 0.3) is 0 Å². The summed E-state index contributed by atoms with van der Waals surface area (Å²) < 4.78 is 0. The van der Waals surface area contributed by atoms with Gasteiger partial charge in [0.2, 0.25) is 0 Å². The molecule has 3 aromatic heterocycles. The summed E-state index contributed by atoms with van der Waals surface area (Å²) in [6.07, 6.45) is 11.5. The summed E-state index contributed by atoms with van der Waals surface area (Å²) in [7, 11) is 0. The predicted molar refractivity (Wildman–Crippen MR) is 164 cm³/mol. The SMILES string of the molecule is C1=NC(N(c2ccccn2)c2c3ccccc3c(N(c3ccccn3)c3ccccn3)c3ccccc23)=CCC1. The molecular formula is C34H26N6. The Morgan fingerprint density at radius 1 is 0.450 bits per heavy atom. The van der Waals surface area contributed by atoms with Crippen LogP contribution >= 0.6 is 0 Å². The van der Waals surface area contributed by atoms with Crippen molar-refractivity contribution in [3.63, 3.8) is 0 Å². The molecule has 6 aromatic rings. The number of fused-ring (bicyclic) bond motifs is 2. The fraction of sp³-hybridized carbons (Fsp3) is 0.0588. The molecule has 6 heteroatoms. The van der Waals surface area contributed by atoms with Gasteiger partial charge in [-0.3, -0.25) is 9.80 Å². The van der Waals surface area contributed by atoms with Crippen LogP contribution in [-0.4, -0.2) is 21.2 Å². The van der Waals surface area contributed by atoms with E-state index in [4.69, 9.17) is 19.9 Å². The average Bonchev–Trinajstić information content (AvgIpc) is 3.04. The molecule has 0 bridgehead atoms. The molecule has 1 aliphatic rings. The van der Waals surface area contributed by atoms with Gasteiger partial charge in [-0.2, -0.15) is 0 Å². The van der Waals surface area contributed by atoms with Gasteiger partial charge in [0.1, 0.15) is 23.3 Å². The molecule has 0 atom stereocenters. The number of hydrogen-bond donors (Lipinski definition) is 0. The number of aromatic nitrogens is 3. The van der Waals surface area contributed by atoms with Crippen molar-refractivity contribution in [2.24, 2.45) is 4.99 Å². The molecule has 0 spiro atoms. The molecule has 192 valence electrons. The lowest BCUT2D eigenvalue weighted by molar-refractivity contribution is 0.990. The third-order valence-electron chi connectivity index (χ3n) is 7.03. The standard InChI is InChI=1S/C34H26N6/c1-2-14-26-25(13-1)33(39(29-17-5-9-21-35-29)30-18-6-10-22-36-30)27-15-3-4-16-28(27)34(26)40(31-19-7-11-23-37-31)32-20-8-12-24-38-32/h1-7,9-11,13-24H,8,12H2. The van der Waals surface area contributed by atoms with Crippen molar-refractivity contribution in [2.45, 2.75) is 12.8 Å². The Morgan fingerprint density at radius 3 is 1.27 bits per heavy atom. The van der Waals surface area contributed by atoms with E-state index in [9.17, 15) is 0 Å². The van der Waals surface area contributed by atoms with Crippen LogP contribution < -0.4 is 9.80 Å². The zero-order valence-corrected chi connectivity index (χ0v) is 21.8. The van der Waals surface area contributed by atoms with Crippen LogP contribution in [0.5, 0.6) is 0 Å². The lowest BCUT2D eigenvalue weighted by Gasteiger charge is -2.31. The minimum Gasteiger partial charge on any atom is -0.278 e. The third kappa shape index (κ3) is 4.16. The fourth-order valence-corrected chi connectivity index (χ4v) is 5.36. The molecule has 0 amide bonds. The number of benzene rings is 3. The quantitative estimate of drug-likeness (QED) is 0.163. The molecule has 7 rings (SSSR count). The van der Waals surface area contributed by atoms with Gasteiger partial charge in [0.05, 0.1) is 11.4 Å². The number of allylic oxidation sites excluding steroid dienone is 1. The number of hydrogen-bond acceptors (Lipinski definition) is 6. The summed E-state index contributed by atoms with van der Waals surface area (Å²) in [6, 6.07) is 35.0. The summed E-state index contributed by atoms with van der Waals surface area (Å²) in [5.74, 6) is 3.29. The molecule has 4 heterocycles. The highest BCUT2D eigenvalue weighted by molar-refractivity contribution is 6.22. The van der Waals surface area contributed by atoms with Crippen molar-refractivity contribution < 1.29 is 0 Å². The Hall–Kier alpha value is -5.36. The summed E-state index contributed by atoms with van der Waals surface area (Å²) in [4.78, 5) is 23.5. The van der Waals surface area contributed by atoms with Gasteiger partial charge in [-0.15, -0.1) is 0 Å². The topological polar surface area (TPSA) is 57.5 Å². The van der Waals surface area contributed by atoms with Crippen molar-refractivity contribution >= 4 is 56.6 Å². The number of aliphatic imine (C=N–C) groups is 1. The van der Waals surface area contributed by atoms with E-state index in [0.29, 0.717) is 0 Å². The minimum atomic E-state index is 0.797. The third-order valence-corrected chi connectivity index (χ3v) is 7.03. The lowest BCUT2D eigenvalue weighted by Crippen LogP contribution is -2.20. The first kappa shape index (κ1) is 23.7. The van der Waals surface area contributed by atoms with Gasteiger partial charge < -0.3 is 0 Å². The Morgan fingerprint density at radius 2 is 0.875 bits per heavy atom. The Labute approximate surface area is 232 Å². The highest BCUT2D eigenvalue weighted by Gasteiger charge is 2.27. The molecule has 0 fully saturated rings. The summed E-state index contributed by atoms with van der Waals surface area (Å²) in [6.45, 7) is 0. The van der Waals surface area contributed by atoms with E-state index in [1.54, 1.807) is 0 Å². The van der Waals surface area contributed by atoms with Crippen LogP contribution in [0.2, 0.25) is 0 Å². The average molecular weight is 519 g/mol. The second-order valence-electron chi connectivity index (χ2n) is 9.47. The van der Waals surface area contributed by atoms with Crippen LogP contribution in [-0.2, 0) is 0 Å². The van der Waals surface area contributed by atoms with E-state index < -0.39 is 0 Å². The van der Waals surface area contributed by atoms with Gasteiger partial charge in [-0.1, -0.05) is 66.7 Å². The van der Waals surface area contributed by atoms with Crippen LogP contribution in [0.25, 0.3) is 21.5 Å². The molecule has 0 unspecified atom stereocenters. The molecule has 1 aliphatic heterocycles. The van der Waals surface area contributed by atoms with Crippen LogP contribution in [0, 0.1) is 0 Å². The number of anilines is 5. The lowest BCUT2D eigenvalue weighted by atomic mass is 9.96. The monoisotopic (exact) mass is 518 g/mol. The number of pyridine rings is 3. The van der Waals surface area contributed by atoms with Crippen molar-refractivity contribution in [3.8, 4) is 0 Å². The first-order chi connectivity index (χ1) is 19.9. The minimum absolute atomic E-state index is 0.797. The van der Waals surface area contributed by atoms with E-state index >= 15 is 0 Å². The van der Waals surface area contributed by atoms with Crippen molar-refractivity contribution in [2.75, 3.05) is 9.80 Å². The maximum absolute atomic E-state index is 4.84. The highest BCUT2D eigenvalue weighted by atomic mass is 15.3. The first-order valence-electron chi connectivity index (χ1n) is 13.4. The van der Waals surface area contributed by atoms with E-state index in [2.05, 4.69) is 64.4 Å². The Kier molecular flexibility index (Phi) is 6.18. The summed E-state index contributed by atoms with van der Waals surface area (Å²) >= 11 is 0. The number of rotatable bonds is 6. The molecular weight excluding hydrogens is 492 g/mol. The van der Waals surface area contributed by atoms with Crippen LogP contribution in [0.15, 0.2) is 139 Å². The second-order valence-corrected chi connectivity index (χ2v) is 9.47. The zero-order chi connectivity index (χ0) is 26.7. The van der Waals surface area contributed by atoms with Gasteiger partial charge in [0.15, 0.2) is 0 Å². The summed E-state index contributed by atoms with van der Waals surface area (Å²) in [5.41, 5.74) is 2.07. The highest BCUT2D eigenvalue weighted by Crippen LogP contribution is 2.49. The summed E-state index contributed by atoms with van der Waals surface area (Å²) in [5, 5.41) is 4.32. The van der Waals surface area contributed by atoms with Crippen molar-refractivity contribution in [1.82, 2.24) is 15.0 Å². The van der Waals surface area contributed by atoms with E-state index in [0.717, 1.165) is 69.0 Å². The maximum Gasteiger partial charge on any atom is 0.138 e. The Balaban J connectivity index is 1.61. The zero-order valence-electron chi connectivity index (χ0n) is 21.8. The van der Waals surface area contributed by atoms with Crippen LogP contribution in [0.3, 0.4) is 0 Å². The predicted octanol–water partition coefficient (Wildman–Crippen LogP) is 8.49. The molecule has 0 aliphatic carbocycles. The molecule has 0 saturated heterocycles. The van der Waals surface area contributed by atoms with E-state index in [1.807, 2.05) is 79.4 Å². The van der Waals surface area contributed by atoms with Crippen LogP contribution in [0.4, 0.5) is 28.8 Å². The van der Waals surface area contributed by atoms with Crippen molar-refractivity contribution in [3.05, 3.63) is 134 Å². The first-order valence-corrected chi connectivity index (χ1v) is 13.4. The molecule has 0 saturated carbocycles. The van der Waals surface area contributed by atoms with E-state index in [1.165, 1.54) is 0 Å². The fourth-order valence-electron chi connectivity index (χ4n) is 5.36. The molecule has 0 radical (unpaired) electrons. The van der Waals surface area contributed by atoms with Gasteiger partial charge in [-0.05, 0) is 55.3 Å².